The zero-order valence-electron chi connectivity index (χ0n) is 41.1. The highest BCUT2D eigenvalue weighted by Crippen LogP contribution is 2.24. The van der Waals surface area contributed by atoms with Gasteiger partial charge in [-0.3, -0.25) is 0 Å². The molecule has 0 heterocycles. The molecule has 0 aliphatic carbocycles. The van der Waals surface area contributed by atoms with Crippen molar-refractivity contribution in [2.24, 2.45) is 0 Å². The molecule has 0 N–H and O–H groups in total. The van der Waals surface area contributed by atoms with Gasteiger partial charge in [0.15, 0.2) is 0 Å². The molecule has 0 bridgehead atoms. The highest BCUT2D eigenvalue weighted by atomic mass is 16.6. The highest BCUT2D eigenvalue weighted by Gasteiger charge is 2.14. The zero-order valence-corrected chi connectivity index (χ0v) is 41.1. The number of carbonyl (C=O) groups is 4. The Balaban J connectivity index is 0.968. The van der Waals surface area contributed by atoms with Gasteiger partial charge in [-0.25, -0.2) is 19.2 Å². The van der Waals surface area contributed by atoms with Crippen molar-refractivity contribution < 1.29 is 47.6 Å². The second-order valence-corrected chi connectivity index (χ2v) is 17.3. The Morgan fingerprint density at radius 2 is 0.686 bits per heavy atom. The van der Waals surface area contributed by atoms with E-state index in [1.54, 1.807) is 30.4 Å². The van der Waals surface area contributed by atoms with E-state index in [0.717, 1.165) is 35.5 Å². The van der Waals surface area contributed by atoms with Crippen LogP contribution in [0.4, 0.5) is 0 Å². The van der Waals surface area contributed by atoms with Crippen molar-refractivity contribution in [1.82, 2.24) is 0 Å². The fraction of sp³-hybridized carbons (Fsp3) is 0.367. The summed E-state index contributed by atoms with van der Waals surface area (Å²) in [6, 6.07) is 33.1. The normalized spacial score (nSPS) is 11.1. The van der Waals surface area contributed by atoms with Crippen molar-refractivity contribution in [3.05, 3.63) is 156 Å². The Kier molecular flexibility index (Phi) is 24.7. The van der Waals surface area contributed by atoms with Crippen molar-refractivity contribution in [1.29, 1.82) is 0 Å². The predicted molar refractivity (Wildman–Crippen MR) is 277 cm³/mol. The molecule has 0 saturated heterocycles. The summed E-state index contributed by atoms with van der Waals surface area (Å²) >= 11 is 0. The third-order valence-electron chi connectivity index (χ3n) is 11.5. The molecular weight excluding hydrogens is 881 g/mol. The molecule has 10 nitrogen and oxygen atoms in total. The van der Waals surface area contributed by atoms with E-state index in [2.05, 4.69) is 13.8 Å². The van der Waals surface area contributed by atoms with Crippen molar-refractivity contribution >= 4 is 36.0 Å². The molecule has 0 aromatic heterocycles. The SMILES string of the molecule is CCCCCCCCCCCOc1ccc(/C=C/C(=O)Oc2ccc(C(=O)Oc3cccc(OC(=O)c4ccc(OC(=O)/C=C/c5ccc(OCCCCCCCCCCC)cc5)cc4)c3)cc2)cc1. The van der Waals surface area contributed by atoms with Crippen LogP contribution in [0.15, 0.2) is 133 Å². The summed E-state index contributed by atoms with van der Waals surface area (Å²) in [7, 11) is 0. The number of hydrogen-bond acceptors (Lipinski definition) is 10. The van der Waals surface area contributed by atoms with Crippen LogP contribution >= 0.6 is 0 Å². The van der Waals surface area contributed by atoms with Gasteiger partial charge < -0.3 is 28.4 Å². The maximum atomic E-state index is 13.0. The Hall–Kier alpha value is -6.94. The molecule has 0 saturated carbocycles. The lowest BCUT2D eigenvalue weighted by Crippen LogP contribution is -2.10. The van der Waals surface area contributed by atoms with E-state index in [1.165, 1.54) is 169 Å². The summed E-state index contributed by atoms with van der Waals surface area (Å²) in [5, 5.41) is 0. The molecule has 70 heavy (non-hydrogen) atoms. The van der Waals surface area contributed by atoms with Crippen molar-refractivity contribution in [3.63, 3.8) is 0 Å². The molecule has 0 radical (unpaired) electrons. The number of benzene rings is 5. The number of carbonyl (C=O) groups excluding carboxylic acids is 4. The Bertz CT molecular complexity index is 2200. The van der Waals surface area contributed by atoms with Gasteiger partial charge in [-0.05, 0) is 121 Å². The van der Waals surface area contributed by atoms with Crippen molar-refractivity contribution in [2.45, 2.75) is 129 Å². The second kappa shape index (κ2) is 32.0. The van der Waals surface area contributed by atoms with Crippen LogP contribution in [-0.2, 0) is 9.59 Å². The van der Waals surface area contributed by atoms with Crippen LogP contribution in [0.1, 0.15) is 161 Å². The summed E-state index contributed by atoms with van der Waals surface area (Å²) in [4.78, 5) is 51.0. The molecule has 5 rings (SSSR count). The van der Waals surface area contributed by atoms with E-state index in [9.17, 15) is 19.2 Å². The molecule has 0 fully saturated rings. The first-order chi connectivity index (χ1) is 34.3. The molecule has 0 aliphatic heterocycles. The molecule has 0 atom stereocenters. The van der Waals surface area contributed by atoms with Crippen molar-refractivity contribution in [3.8, 4) is 34.5 Å². The maximum Gasteiger partial charge on any atom is 0.343 e. The van der Waals surface area contributed by atoms with Gasteiger partial charge in [0.2, 0.25) is 0 Å². The molecule has 5 aromatic carbocycles. The second-order valence-electron chi connectivity index (χ2n) is 17.3. The summed E-state index contributed by atoms with van der Waals surface area (Å²) in [6.07, 6.45) is 28.8. The lowest BCUT2D eigenvalue weighted by Gasteiger charge is -2.08. The quantitative estimate of drug-likeness (QED) is 0.0178. The Labute approximate surface area is 415 Å². The van der Waals surface area contributed by atoms with Gasteiger partial charge in [0, 0.05) is 18.2 Å². The first-order valence-electron chi connectivity index (χ1n) is 25.3. The van der Waals surface area contributed by atoms with Crippen LogP contribution in [0.5, 0.6) is 34.5 Å². The highest BCUT2D eigenvalue weighted by molar-refractivity contribution is 5.93. The van der Waals surface area contributed by atoms with Gasteiger partial charge in [0.25, 0.3) is 0 Å². The summed E-state index contributed by atoms with van der Waals surface area (Å²) in [5.41, 5.74) is 2.08. The maximum absolute atomic E-state index is 13.0. The average Bonchev–Trinajstić information content (AvgIpc) is 3.37. The van der Waals surface area contributed by atoms with Gasteiger partial charge in [-0.15, -0.1) is 0 Å². The van der Waals surface area contributed by atoms with Crippen LogP contribution in [0.3, 0.4) is 0 Å². The summed E-state index contributed by atoms with van der Waals surface area (Å²) in [5.74, 6) is -0.0681. The molecule has 370 valence electrons. The van der Waals surface area contributed by atoms with Crippen LogP contribution in [0.25, 0.3) is 12.2 Å². The number of esters is 4. The van der Waals surface area contributed by atoms with Gasteiger partial charge in [0.1, 0.15) is 34.5 Å². The smallest absolute Gasteiger partial charge is 0.343 e. The van der Waals surface area contributed by atoms with E-state index in [4.69, 9.17) is 28.4 Å². The van der Waals surface area contributed by atoms with E-state index in [1.807, 2.05) is 48.5 Å². The summed E-state index contributed by atoms with van der Waals surface area (Å²) < 4.78 is 33.6. The molecule has 0 aliphatic rings. The van der Waals surface area contributed by atoms with E-state index >= 15 is 0 Å². The molecule has 0 spiro atoms. The Morgan fingerprint density at radius 1 is 0.357 bits per heavy atom. The van der Waals surface area contributed by atoms with Crippen LogP contribution in [-0.4, -0.2) is 37.1 Å². The molecule has 5 aromatic rings. The van der Waals surface area contributed by atoms with Gasteiger partial charge >= 0.3 is 23.9 Å². The number of unbranched alkanes of at least 4 members (excludes halogenated alkanes) is 16. The monoisotopic (exact) mass is 950 g/mol. The molecule has 0 unspecified atom stereocenters. The van der Waals surface area contributed by atoms with Crippen LogP contribution in [0.2, 0.25) is 0 Å². The number of rotatable bonds is 32. The molecule has 0 amide bonds. The van der Waals surface area contributed by atoms with E-state index in [-0.39, 0.29) is 34.1 Å². The predicted octanol–water partition coefficient (Wildman–Crippen LogP) is 15.2. The topological polar surface area (TPSA) is 124 Å². The molecular formula is C60H70O10. The van der Waals surface area contributed by atoms with Gasteiger partial charge in [-0.2, -0.15) is 0 Å². The minimum absolute atomic E-state index is 0.151. The fourth-order valence-corrected chi connectivity index (χ4v) is 7.44. The number of ether oxygens (including phenoxy) is 6. The fourth-order valence-electron chi connectivity index (χ4n) is 7.44. The van der Waals surface area contributed by atoms with Crippen molar-refractivity contribution in [2.75, 3.05) is 13.2 Å². The Morgan fingerprint density at radius 3 is 1.04 bits per heavy atom. The largest absolute Gasteiger partial charge is 0.494 e. The van der Waals surface area contributed by atoms with E-state index < -0.39 is 23.9 Å². The minimum Gasteiger partial charge on any atom is -0.494 e. The standard InChI is InChI=1S/C60H70O10/c1-3-5-7-9-11-13-15-17-19-44-65-51-34-24-47(25-35-51)28-42-57(61)67-53-38-30-49(31-39-53)59(63)69-55-22-21-23-56(46-55)70-60(64)50-32-40-54(41-33-50)68-58(62)43-29-48-26-36-52(37-27-48)66-45-20-18-16-14-12-10-8-6-4-2/h21-43,46H,3-20,44-45H2,1-2H3/b42-28+,43-29+. The minimum atomic E-state index is -0.663. The first kappa shape index (κ1) is 54.0. The zero-order chi connectivity index (χ0) is 49.4. The molecule has 10 heteroatoms. The van der Waals surface area contributed by atoms with Crippen LogP contribution in [0, 0.1) is 0 Å². The van der Waals surface area contributed by atoms with Gasteiger partial charge in [-0.1, -0.05) is 147 Å². The first-order valence-corrected chi connectivity index (χ1v) is 25.3. The lowest BCUT2D eigenvalue weighted by molar-refractivity contribution is -0.129. The third kappa shape index (κ3) is 21.6. The number of hydrogen-bond donors (Lipinski definition) is 0. The average molecular weight is 951 g/mol. The lowest BCUT2D eigenvalue weighted by atomic mass is 10.1. The third-order valence-corrected chi connectivity index (χ3v) is 11.5. The summed E-state index contributed by atoms with van der Waals surface area (Å²) in [6.45, 7) is 5.86. The van der Waals surface area contributed by atoms with Crippen LogP contribution < -0.4 is 28.4 Å². The van der Waals surface area contributed by atoms with Gasteiger partial charge in [0.05, 0.1) is 24.3 Å². The van der Waals surface area contributed by atoms with E-state index in [0.29, 0.717) is 13.2 Å².